The van der Waals surface area contributed by atoms with Crippen LogP contribution in [-0.4, -0.2) is 11.5 Å². The maximum absolute atomic E-state index is 14.3. The first-order chi connectivity index (χ1) is 9.79. The Labute approximate surface area is 124 Å². The van der Waals surface area contributed by atoms with Crippen LogP contribution in [0.3, 0.4) is 0 Å². The zero-order valence-electron chi connectivity index (χ0n) is 12.7. The third kappa shape index (κ3) is 3.40. The first kappa shape index (κ1) is 15.9. The van der Waals surface area contributed by atoms with Gasteiger partial charge >= 0.3 is 5.69 Å². The topological polar surface area (TPSA) is 69.2 Å². The molecule has 0 heterocycles. The Morgan fingerprint density at radius 1 is 1.29 bits per heavy atom. The molecule has 0 aromatic heterocycles. The van der Waals surface area contributed by atoms with Crippen molar-refractivity contribution >= 4 is 5.69 Å². The number of nitro benzene ring substituents is 1. The van der Waals surface area contributed by atoms with E-state index in [0.717, 1.165) is 25.7 Å². The zero-order chi connectivity index (χ0) is 15.7. The van der Waals surface area contributed by atoms with E-state index >= 15 is 0 Å². The average molecular weight is 294 g/mol. The molecule has 1 saturated carbocycles. The first-order valence-electron chi connectivity index (χ1n) is 7.40. The molecule has 0 bridgehead atoms. The van der Waals surface area contributed by atoms with Gasteiger partial charge in [0.15, 0.2) is 0 Å². The lowest BCUT2D eigenvalue weighted by Gasteiger charge is -2.43. The molecule has 0 atom stereocenters. The quantitative estimate of drug-likeness (QED) is 0.678. The molecule has 0 saturated heterocycles. The van der Waals surface area contributed by atoms with E-state index in [1.807, 2.05) is 0 Å². The molecule has 4 nitrogen and oxygen atoms in total. The average Bonchev–Trinajstić information content (AvgIpc) is 2.43. The van der Waals surface area contributed by atoms with Crippen molar-refractivity contribution in [3.8, 4) is 0 Å². The van der Waals surface area contributed by atoms with Gasteiger partial charge in [0.2, 0.25) is 5.82 Å². The Hall–Kier alpha value is -1.49. The minimum Gasteiger partial charge on any atom is -0.330 e. The molecule has 116 valence electrons. The van der Waals surface area contributed by atoms with Crippen LogP contribution in [0.5, 0.6) is 0 Å². The predicted octanol–water partition coefficient (Wildman–Crippen LogP) is 3.82. The summed E-state index contributed by atoms with van der Waals surface area (Å²) in [6.07, 6.45) is 4.48. The van der Waals surface area contributed by atoms with Gasteiger partial charge in [-0.3, -0.25) is 10.1 Å². The van der Waals surface area contributed by atoms with Gasteiger partial charge in [0, 0.05) is 6.07 Å². The van der Waals surface area contributed by atoms with Crippen molar-refractivity contribution < 1.29 is 9.31 Å². The molecule has 21 heavy (non-hydrogen) atoms. The molecule has 1 aliphatic rings. The Balaban J connectivity index is 2.24. The van der Waals surface area contributed by atoms with E-state index < -0.39 is 16.4 Å². The van der Waals surface area contributed by atoms with E-state index in [4.69, 9.17) is 5.73 Å². The normalized spacial score (nSPS) is 20.2. The predicted molar refractivity (Wildman–Crippen MR) is 80.5 cm³/mol. The molecule has 2 rings (SSSR count). The van der Waals surface area contributed by atoms with E-state index in [1.54, 1.807) is 12.1 Å². The van der Waals surface area contributed by atoms with Crippen molar-refractivity contribution in [3.63, 3.8) is 0 Å². The Kier molecular flexibility index (Phi) is 4.33. The third-order valence-corrected chi connectivity index (χ3v) is 4.92. The maximum atomic E-state index is 14.3. The minimum atomic E-state index is -0.708. The second-order valence-electron chi connectivity index (χ2n) is 7.05. The molecule has 0 unspecified atom stereocenters. The summed E-state index contributed by atoms with van der Waals surface area (Å²) >= 11 is 0. The highest BCUT2D eigenvalue weighted by Gasteiger charge is 2.38. The number of hydrogen-bond donors (Lipinski definition) is 1. The summed E-state index contributed by atoms with van der Waals surface area (Å²) in [5.74, 6) is -0.708. The number of rotatable bonds is 4. The monoisotopic (exact) mass is 294 g/mol. The molecule has 0 aliphatic heterocycles. The summed E-state index contributed by atoms with van der Waals surface area (Å²) in [6, 6.07) is 4.39. The van der Waals surface area contributed by atoms with Crippen LogP contribution in [-0.2, 0) is 6.42 Å². The van der Waals surface area contributed by atoms with Crippen LogP contribution in [0, 0.1) is 26.8 Å². The summed E-state index contributed by atoms with van der Waals surface area (Å²) in [5, 5.41) is 10.8. The largest absolute Gasteiger partial charge is 0.330 e. The zero-order valence-corrected chi connectivity index (χ0v) is 12.7. The van der Waals surface area contributed by atoms with Crippen molar-refractivity contribution in [1.82, 2.24) is 0 Å². The van der Waals surface area contributed by atoms with E-state index in [1.165, 1.54) is 6.07 Å². The number of nitrogens with two attached hydrogens (primary N) is 1. The highest BCUT2D eigenvalue weighted by Crippen LogP contribution is 2.46. The van der Waals surface area contributed by atoms with Gasteiger partial charge in [0.25, 0.3) is 0 Å². The lowest BCUT2D eigenvalue weighted by molar-refractivity contribution is -0.387. The lowest BCUT2D eigenvalue weighted by atomic mass is 9.63. The summed E-state index contributed by atoms with van der Waals surface area (Å²) in [7, 11) is 0. The maximum Gasteiger partial charge on any atom is 0.305 e. The fourth-order valence-electron chi connectivity index (χ4n) is 3.16. The van der Waals surface area contributed by atoms with Crippen LogP contribution < -0.4 is 5.73 Å². The highest BCUT2D eigenvalue weighted by molar-refractivity contribution is 5.37. The van der Waals surface area contributed by atoms with Crippen molar-refractivity contribution in [2.24, 2.45) is 16.6 Å². The molecule has 1 aromatic rings. The number of benzene rings is 1. The van der Waals surface area contributed by atoms with E-state index in [2.05, 4.69) is 13.8 Å². The van der Waals surface area contributed by atoms with Crippen LogP contribution in [0.2, 0.25) is 0 Å². The van der Waals surface area contributed by atoms with Gasteiger partial charge in [-0.2, -0.15) is 4.39 Å². The van der Waals surface area contributed by atoms with Crippen LogP contribution in [0.1, 0.15) is 45.1 Å². The molecule has 1 fully saturated rings. The van der Waals surface area contributed by atoms with Gasteiger partial charge in [-0.1, -0.05) is 26.0 Å². The van der Waals surface area contributed by atoms with Crippen LogP contribution in [0.15, 0.2) is 18.2 Å². The van der Waals surface area contributed by atoms with Gasteiger partial charge in [-0.15, -0.1) is 0 Å². The second kappa shape index (κ2) is 5.72. The highest BCUT2D eigenvalue weighted by atomic mass is 19.1. The second-order valence-corrected chi connectivity index (χ2v) is 7.05. The first-order valence-corrected chi connectivity index (χ1v) is 7.40. The standard InChI is InChI=1S/C16H23FN2O2/c1-15(2)6-8-16(11-18,9-7-15)10-12-4-3-5-13(14(12)17)19(20)21/h3-5H,6-11,18H2,1-2H3. The number of hydrogen-bond acceptors (Lipinski definition) is 3. The molecule has 0 amide bonds. The minimum absolute atomic E-state index is 0.133. The summed E-state index contributed by atoms with van der Waals surface area (Å²) in [4.78, 5) is 10.2. The molecule has 2 N–H and O–H groups in total. The van der Waals surface area contributed by atoms with Crippen LogP contribution >= 0.6 is 0 Å². The molecule has 1 aliphatic carbocycles. The molecular formula is C16H23FN2O2. The van der Waals surface area contributed by atoms with Crippen molar-refractivity contribution in [3.05, 3.63) is 39.7 Å². The van der Waals surface area contributed by atoms with E-state index in [9.17, 15) is 14.5 Å². The summed E-state index contributed by atoms with van der Waals surface area (Å²) in [6.45, 7) is 4.97. The SMILES string of the molecule is CC1(C)CCC(CN)(Cc2cccc([N+](=O)[O-])c2F)CC1. The van der Waals surface area contributed by atoms with E-state index in [-0.39, 0.29) is 5.41 Å². The molecule has 1 aromatic carbocycles. The van der Waals surface area contributed by atoms with Gasteiger partial charge in [-0.25, -0.2) is 0 Å². The smallest absolute Gasteiger partial charge is 0.305 e. The Bertz CT molecular complexity index is 533. The van der Waals surface area contributed by atoms with E-state index in [0.29, 0.717) is 23.9 Å². The van der Waals surface area contributed by atoms with Crippen molar-refractivity contribution in [1.29, 1.82) is 0 Å². The van der Waals surface area contributed by atoms with Gasteiger partial charge in [0.1, 0.15) is 0 Å². The van der Waals surface area contributed by atoms with Gasteiger partial charge in [0.05, 0.1) is 4.92 Å². The summed E-state index contributed by atoms with van der Waals surface area (Å²) in [5.41, 5.74) is 6.10. The fourth-order valence-corrected chi connectivity index (χ4v) is 3.16. The number of nitrogens with zero attached hydrogens (tertiary/aromatic N) is 1. The fraction of sp³-hybridized carbons (Fsp3) is 0.625. The Morgan fingerprint density at radius 3 is 2.43 bits per heavy atom. The van der Waals surface area contributed by atoms with Crippen LogP contribution in [0.4, 0.5) is 10.1 Å². The molecule has 0 spiro atoms. The summed E-state index contributed by atoms with van der Waals surface area (Å²) < 4.78 is 14.3. The Morgan fingerprint density at radius 2 is 1.90 bits per heavy atom. The van der Waals surface area contributed by atoms with Crippen molar-refractivity contribution in [2.75, 3.05) is 6.54 Å². The van der Waals surface area contributed by atoms with Crippen molar-refractivity contribution in [2.45, 2.75) is 46.0 Å². The molecular weight excluding hydrogens is 271 g/mol. The lowest BCUT2D eigenvalue weighted by Crippen LogP contribution is -2.39. The van der Waals surface area contributed by atoms with Gasteiger partial charge < -0.3 is 5.73 Å². The molecule has 0 radical (unpaired) electrons. The third-order valence-electron chi connectivity index (χ3n) is 4.92. The molecule has 5 heteroatoms. The van der Waals surface area contributed by atoms with Gasteiger partial charge in [-0.05, 0) is 55.0 Å². The van der Waals surface area contributed by atoms with Crippen LogP contribution in [0.25, 0.3) is 0 Å². The number of nitro groups is 1. The number of halogens is 1.